The van der Waals surface area contributed by atoms with Crippen LogP contribution in [0.2, 0.25) is 0 Å². The summed E-state index contributed by atoms with van der Waals surface area (Å²) >= 11 is 3.61. The van der Waals surface area contributed by atoms with Crippen LogP contribution in [0.5, 0.6) is 5.75 Å². The van der Waals surface area contributed by atoms with Gasteiger partial charge in [-0.15, -0.1) is 0 Å². The highest BCUT2D eigenvalue weighted by atomic mass is 79.9. The molecule has 0 atom stereocenters. The van der Waals surface area contributed by atoms with Crippen molar-refractivity contribution in [1.29, 1.82) is 0 Å². The van der Waals surface area contributed by atoms with Crippen LogP contribution in [0.15, 0.2) is 22.7 Å². The second-order valence-electron chi connectivity index (χ2n) is 5.37. The molecule has 0 saturated carbocycles. The second-order valence-corrected chi connectivity index (χ2v) is 6.22. The van der Waals surface area contributed by atoms with E-state index in [1.807, 2.05) is 12.1 Å². The number of halogens is 1. The Morgan fingerprint density at radius 1 is 1.21 bits per heavy atom. The molecule has 0 aromatic heterocycles. The number of benzene rings is 1. The van der Waals surface area contributed by atoms with Gasteiger partial charge < -0.3 is 10.1 Å². The number of nitrogens with one attached hydrogen (secondary N) is 1. The van der Waals surface area contributed by atoms with Gasteiger partial charge in [0.05, 0.1) is 7.11 Å². The molecule has 0 unspecified atom stereocenters. The van der Waals surface area contributed by atoms with E-state index in [0.717, 1.165) is 35.7 Å². The third-order valence-electron chi connectivity index (χ3n) is 3.11. The van der Waals surface area contributed by atoms with Crippen LogP contribution in [-0.4, -0.2) is 20.2 Å². The first-order chi connectivity index (χ1) is 9.13. The van der Waals surface area contributed by atoms with E-state index >= 15 is 0 Å². The van der Waals surface area contributed by atoms with Gasteiger partial charge in [-0.05, 0) is 56.0 Å². The zero-order valence-electron chi connectivity index (χ0n) is 12.3. The van der Waals surface area contributed by atoms with Crippen molar-refractivity contribution in [3.05, 3.63) is 28.2 Å². The van der Waals surface area contributed by atoms with Crippen molar-refractivity contribution in [2.24, 2.45) is 5.92 Å². The summed E-state index contributed by atoms with van der Waals surface area (Å²) in [6.45, 7) is 6.76. The largest absolute Gasteiger partial charge is 0.497 e. The van der Waals surface area contributed by atoms with Crippen molar-refractivity contribution >= 4 is 15.9 Å². The molecule has 19 heavy (non-hydrogen) atoms. The van der Waals surface area contributed by atoms with Crippen LogP contribution in [0.4, 0.5) is 0 Å². The van der Waals surface area contributed by atoms with Gasteiger partial charge in [0.25, 0.3) is 0 Å². The molecule has 1 aromatic rings. The van der Waals surface area contributed by atoms with Gasteiger partial charge >= 0.3 is 0 Å². The van der Waals surface area contributed by atoms with E-state index in [1.165, 1.54) is 24.8 Å². The van der Waals surface area contributed by atoms with Crippen LogP contribution >= 0.6 is 15.9 Å². The molecule has 0 saturated heterocycles. The average molecular weight is 328 g/mol. The molecule has 0 fully saturated rings. The lowest BCUT2D eigenvalue weighted by molar-refractivity contribution is 0.414. The summed E-state index contributed by atoms with van der Waals surface area (Å²) in [5, 5.41) is 3.48. The highest BCUT2D eigenvalue weighted by Gasteiger charge is 2.02. The van der Waals surface area contributed by atoms with Gasteiger partial charge in [0.2, 0.25) is 0 Å². The van der Waals surface area contributed by atoms with Gasteiger partial charge in [0.15, 0.2) is 0 Å². The minimum absolute atomic E-state index is 0.746. The lowest BCUT2D eigenvalue weighted by atomic mass is 10.1. The first-order valence-electron chi connectivity index (χ1n) is 7.16. The maximum Gasteiger partial charge on any atom is 0.120 e. The molecule has 108 valence electrons. The molecule has 0 bridgehead atoms. The number of hydrogen-bond acceptors (Lipinski definition) is 2. The highest BCUT2D eigenvalue weighted by molar-refractivity contribution is 9.10. The summed E-state index contributed by atoms with van der Waals surface area (Å²) in [5.74, 6) is 1.66. The molecule has 2 nitrogen and oxygen atoms in total. The Bertz CT molecular complexity index is 366. The first kappa shape index (κ1) is 16.5. The zero-order valence-corrected chi connectivity index (χ0v) is 13.9. The summed E-state index contributed by atoms with van der Waals surface area (Å²) in [5.41, 5.74) is 1.37. The average Bonchev–Trinajstić information content (AvgIpc) is 2.38. The van der Waals surface area contributed by atoms with Gasteiger partial charge in [-0.3, -0.25) is 0 Å². The number of methoxy groups -OCH3 is 1. The molecule has 0 spiro atoms. The van der Waals surface area contributed by atoms with E-state index in [1.54, 1.807) is 7.11 Å². The number of unbranched alkanes of at least 4 members (excludes halogenated alkanes) is 2. The fourth-order valence-electron chi connectivity index (χ4n) is 1.99. The van der Waals surface area contributed by atoms with Crippen molar-refractivity contribution in [2.75, 3.05) is 20.2 Å². The van der Waals surface area contributed by atoms with Gasteiger partial charge in [0, 0.05) is 4.47 Å². The van der Waals surface area contributed by atoms with Crippen molar-refractivity contribution in [1.82, 2.24) is 5.32 Å². The second kappa shape index (κ2) is 9.38. The number of aryl methyl sites for hydroxylation is 1. The molecule has 0 heterocycles. The van der Waals surface area contributed by atoms with Crippen molar-refractivity contribution in [3.8, 4) is 5.75 Å². The minimum atomic E-state index is 0.746. The maximum absolute atomic E-state index is 5.20. The highest BCUT2D eigenvalue weighted by Crippen LogP contribution is 2.24. The Hall–Kier alpha value is -0.540. The normalized spacial score (nSPS) is 11.0. The molecule has 1 rings (SSSR count). The van der Waals surface area contributed by atoms with Crippen molar-refractivity contribution in [3.63, 3.8) is 0 Å². The smallest absolute Gasteiger partial charge is 0.120 e. The van der Waals surface area contributed by atoms with E-state index in [-0.39, 0.29) is 0 Å². The first-order valence-corrected chi connectivity index (χ1v) is 7.96. The SMILES string of the molecule is COc1ccc(CCCCCNCC(C)C)c(Br)c1. The summed E-state index contributed by atoms with van der Waals surface area (Å²) in [7, 11) is 1.70. The summed E-state index contributed by atoms with van der Waals surface area (Å²) in [4.78, 5) is 0. The van der Waals surface area contributed by atoms with Crippen LogP contribution in [0, 0.1) is 5.92 Å². The van der Waals surface area contributed by atoms with Gasteiger partial charge in [-0.1, -0.05) is 42.3 Å². The molecule has 1 N–H and O–H groups in total. The lowest BCUT2D eigenvalue weighted by Crippen LogP contribution is -2.20. The van der Waals surface area contributed by atoms with E-state index in [9.17, 15) is 0 Å². The van der Waals surface area contributed by atoms with Gasteiger partial charge in [-0.25, -0.2) is 0 Å². The molecule has 0 aliphatic carbocycles. The van der Waals surface area contributed by atoms with Crippen LogP contribution in [-0.2, 0) is 6.42 Å². The molecule has 3 heteroatoms. The molecule has 0 amide bonds. The Labute approximate surface area is 126 Å². The quantitative estimate of drug-likeness (QED) is 0.678. The molecule has 0 aliphatic rings. The Morgan fingerprint density at radius 3 is 2.63 bits per heavy atom. The number of ether oxygens (including phenoxy) is 1. The Balaban J connectivity index is 2.15. The van der Waals surface area contributed by atoms with E-state index in [0.29, 0.717) is 0 Å². The number of hydrogen-bond donors (Lipinski definition) is 1. The maximum atomic E-state index is 5.20. The fourth-order valence-corrected chi connectivity index (χ4v) is 2.55. The van der Waals surface area contributed by atoms with Crippen LogP contribution in [0.25, 0.3) is 0 Å². The van der Waals surface area contributed by atoms with Crippen molar-refractivity contribution in [2.45, 2.75) is 39.5 Å². The Kier molecular flexibility index (Phi) is 8.15. The monoisotopic (exact) mass is 327 g/mol. The molecule has 0 aliphatic heterocycles. The molecular formula is C16H26BrNO. The topological polar surface area (TPSA) is 21.3 Å². The standard InChI is InChI=1S/C16H26BrNO/c1-13(2)12-18-10-6-4-5-7-14-8-9-15(19-3)11-16(14)17/h8-9,11,13,18H,4-7,10,12H2,1-3H3. The third-order valence-corrected chi connectivity index (χ3v) is 3.85. The van der Waals surface area contributed by atoms with E-state index in [4.69, 9.17) is 4.74 Å². The Morgan fingerprint density at radius 2 is 2.00 bits per heavy atom. The molecular weight excluding hydrogens is 302 g/mol. The zero-order chi connectivity index (χ0) is 14.1. The summed E-state index contributed by atoms with van der Waals surface area (Å²) < 4.78 is 6.36. The van der Waals surface area contributed by atoms with Crippen LogP contribution in [0.1, 0.15) is 38.7 Å². The van der Waals surface area contributed by atoms with Gasteiger partial charge in [-0.2, -0.15) is 0 Å². The van der Waals surface area contributed by atoms with E-state index in [2.05, 4.69) is 41.2 Å². The molecule has 0 radical (unpaired) electrons. The molecule has 1 aromatic carbocycles. The third kappa shape index (κ3) is 6.98. The summed E-state index contributed by atoms with van der Waals surface area (Å²) in [6, 6.07) is 6.23. The van der Waals surface area contributed by atoms with Crippen LogP contribution < -0.4 is 10.1 Å². The lowest BCUT2D eigenvalue weighted by Gasteiger charge is -2.08. The van der Waals surface area contributed by atoms with Gasteiger partial charge in [0.1, 0.15) is 5.75 Å². The predicted octanol–water partition coefficient (Wildman–Crippen LogP) is 4.42. The number of rotatable bonds is 9. The van der Waals surface area contributed by atoms with Crippen LogP contribution in [0.3, 0.4) is 0 Å². The van der Waals surface area contributed by atoms with Crippen molar-refractivity contribution < 1.29 is 4.74 Å². The van der Waals surface area contributed by atoms with E-state index < -0.39 is 0 Å². The fraction of sp³-hybridized carbons (Fsp3) is 0.625. The minimum Gasteiger partial charge on any atom is -0.497 e. The summed E-state index contributed by atoms with van der Waals surface area (Å²) in [6.07, 6.45) is 4.92. The predicted molar refractivity (Wildman–Crippen MR) is 86.0 cm³/mol.